The Bertz CT molecular complexity index is 563. The lowest BCUT2D eigenvalue weighted by Gasteiger charge is -2.37. The highest BCUT2D eigenvalue weighted by Gasteiger charge is 2.25. The van der Waals surface area contributed by atoms with Crippen LogP contribution in [0.15, 0.2) is 18.2 Å². The molecule has 126 valence electrons. The van der Waals surface area contributed by atoms with Crippen molar-refractivity contribution >= 4 is 23.2 Å². The second-order valence-electron chi connectivity index (χ2n) is 7.05. The van der Waals surface area contributed by atoms with E-state index in [1.54, 1.807) is 19.0 Å². The van der Waals surface area contributed by atoms with E-state index in [1.807, 2.05) is 18.2 Å². The van der Waals surface area contributed by atoms with E-state index in [0.717, 1.165) is 30.6 Å². The van der Waals surface area contributed by atoms with Gasteiger partial charge in [-0.1, -0.05) is 11.6 Å². The van der Waals surface area contributed by atoms with Crippen LogP contribution in [-0.4, -0.2) is 51.1 Å². The molecule has 1 aromatic carbocycles. The van der Waals surface area contributed by atoms with Crippen LogP contribution in [0.4, 0.5) is 5.69 Å². The number of carbonyl (C=O) groups excluding carboxylic acids is 1. The molecule has 2 heterocycles. The number of rotatable bonds is 4. The SMILES string of the molecule is CN(C)C(=O)c1ccc(N2CCC(CC3CNC3)CC2)cc1Cl. The van der Waals surface area contributed by atoms with Crippen LogP contribution in [0.25, 0.3) is 0 Å². The number of carbonyl (C=O) groups is 1. The third kappa shape index (κ3) is 3.81. The molecular weight excluding hydrogens is 310 g/mol. The third-order valence-electron chi connectivity index (χ3n) is 5.10. The first kappa shape index (κ1) is 16.6. The molecule has 2 saturated heterocycles. The van der Waals surface area contributed by atoms with Gasteiger partial charge in [0.15, 0.2) is 0 Å². The van der Waals surface area contributed by atoms with Crippen LogP contribution in [0.5, 0.6) is 0 Å². The van der Waals surface area contributed by atoms with Gasteiger partial charge in [-0.05, 0) is 62.4 Å². The summed E-state index contributed by atoms with van der Waals surface area (Å²) in [6.07, 6.45) is 3.89. The Balaban J connectivity index is 1.59. The van der Waals surface area contributed by atoms with Gasteiger partial charge in [-0.15, -0.1) is 0 Å². The summed E-state index contributed by atoms with van der Waals surface area (Å²) in [5, 5.41) is 3.90. The predicted molar refractivity (Wildman–Crippen MR) is 95.4 cm³/mol. The highest BCUT2D eigenvalue weighted by Crippen LogP contribution is 2.30. The average Bonchev–Trinajstić information content (AvgIpc) is 2.50. The fourth-order valence-corrected chi connectivity index (χ4v) is 3.78. The molecule has 2 aliphatic heterocycles. The smallest absolute Gasteiger partial charge is 0.254 e. The normalized spacial score (nSPS) is 19.5. The molecule has 0 bridgehead atoms. The molecule has 1 N–H and O–H groups in total. The van der Waals surface area contributed by atoms with E-state index in [-0.39, 0.29) is 5.91 Å². The minimum absolute atomic E-state index is 0.0469. The molecule has 4 nitrogen and oxygen atoms in total. The van der Waals surface area contributed by atoms with Gasteiger partial charge in [0.05, 0.1) is 10.6 Å². The van der Waals surface area contributed by atoms with Crippen LogP contribution in [0.3, 0.4) is 0 Å². The molecule has 0 unspecified atom stereocenters. The molecule has 2 aliphatic rings. The van der Waals surface area contributed by atoms with E-state index < -0.39 is 0 Å². The van der Waals surface area contributed by atoms with Crippen molar-refractivity contribution in [1.82, 2.24) is 10.2 Å². The average molecular weight is 336 g/mol. The Morgan fingerprint density at radius 2 is 1.96 bits per heavy atom. The third-order valence-corrected chi connectivity index (χ3v) is 5.41. The van der Waals surface area contributed by atoms with E-state index in [2.05, 4.69) is 10.2 Å². The fourth-order valence-electron chi connectivity index (χ4n) is 3.53. The Morgan fingerprint density at radius 3 is 2.48 bits per heavy atom. The summed E-state index contributed by atoms with van der Waals surface area (Å²) in [6, 6.07) is 5.82. The van der Waals surface area contributed by atoms with Gasteiger partial charge in [0, 0.05) is 32.9 Å². The zero-order valence-electron chi connectivity index (χ0n) is 14.0. The number of benzene rings is 1. The summed E-state index contributed by atoms with van der Waals surface area (Å²) >= 11 is 6.33. The van der Waals surface area contributed by atoms with Crippen molar-refractivity contribution < 1.29 is 4.79 Å². The second-order valence-corrected chi connectivity index (χ2v) is 7.46. The van der Waals surface area contributed by atoms with Crippen molar-refractivity contribution in [3.63, 3.8) is 0 Å². The summed E-state index contributed by atoms with van der Waals surface area (Å²) in [4.78, 5) is 16.0. The van der Waals surface area contributed by atoms with Crippen LogP contribution in [0.2, 0.25) is 5.02 Å². The Kier molecular flexibility index (Phi) is 5.12. The lowest BCUT2D eigenvalue weighted by molar-refractivity contribution is 0.0828. The maximum Gasteiger partial charge on any atom is 0.254 e. The first-order valence-electron chi connectivity index (χ1n) is 8.51. The molecule has 0 aliphatic carbocycles. The number of amides is 1. The summed E-state index contributed by atoms with van der Waals surface area (Å²) < 4.78 is 0. The molecule has 1 aromatic rings. The highest BCUT2D eigenvalue weighted by atomic mass is 35.5. The summed E-state index contributed by atoms with van der Waals surface area (Å²) in [5.41, 5.74) is 1.71. The van der Waals surface area contributed by atoms with Gasteiger partial charge in [-0.2, -0.15) is 0 Å². The van der Waals surface area contributed by atoms with E-state index in [1.165, 1.54) is 32.4 Å². The lowest BCUT2D eigenvalue weighted by Crippen LogP contribution is -2.44. The maximum absolute atomic E-state index is 12.1. The lowest BCUT2D eigenvalue weighted by atomic mass is 9.84. The van der Waals surface area contributed by atoms with E-state index in [4.69, 9.17) is 11.6 Å². The molecule has 0 saturated carbocycles. The Labute approximate surface area is 143 Å². The van der Waals surface area contributed by atoms with Crippen molar-refractivity contribution in [2.45, 2.75) is 19.3 Å². The van der Waals surface area contributed by atoms with Crippen molar-refractivity contribution in [3.05, 3.63) is 28.8 Å². The number of nitrogens with zero attached hydrogens (tertiary/aromatic N) is 2. The van der Waals surface area contributed by atoms with Gasteiger partial charge in [0.25, 0.3) is 5.91 Å². The summed E-state index contributed by atoms with van der Waals surface area (Å²) in [6.45, 7) is 4.58. The van der Waals surface area contributed by atoms with Gasteiger partial charge in [0.2, 0.25) is 0 Å². The first-order chi connectivity index (χ1) is 11.0. The van der Waals surface area contributed by atoms with Gasteiger partial charge >= 0.3 is 0 Å². The molecule has 0 radical (unpaired) electrons. The van der Waals surface area contributed by atoms with Gasteiger partial charge in [0.1, 0.15) is 0 Å². The number of hydrogen-bond acceptors (Lipinski definition) is 3. The number of halogens is 1. The minimum Gasteiger partial charge on any atom is -0.371 e. The molecule has 0 atom stereocenters. The Hall–Kier alpha value is -1.26. The number of hydrogen-bond donors (Lipinski definition) is 1. The number of nitrogens with one attached hydrogen (secondary N) is 1. The Morgan fingerprint density at radius 1 is 1.26 bits per heavy atom. The zero-order chi connectivity index (χ0) is 16.4. The number of anilines is 1. The minimum atomic E-state index is -0.0469. The predicted octanol–water partition coefficient (Wildman–Crippen LogP) is 2.87. The van der Waals surface area contributed by atoms with Crippen LogP contribution >= 0.6 is 11.6 Å². The van der Waals surface area contributed by atoms with Crippen molar-refractivity contribution in [2.24, 2.45) is 11.8 Å². The standard InChI is InChI=1S/C18H26ClN3O/c1-21(2)18(23)16-4-3-15(10-17(16)19)22-7-5-13(6-8-22)9-14-11-20-12-14/h3-4,10,13-14,20H,5-9,11-12H2,1-2H3. The quantitative estimate of drug-likeness (QED) is 0.919. The molecular formula is C18H26ClN3O. The second kappa shape index (κ2) is 7.10. The van der Waals surface area contributed by atoms with Crippen molar-refractivity contribution in [1.29, 1.82) is 0 Å². The van der Waals surface area contributed by atoms with Crippen LogP contribution in [-0.2, 0) is 0 Å². The molecule has 23 heavy (non-hydrogen) atoms. The number of piperidine rings is 1. The van der Waals surface area contributed by atoms with Crippen LogP contribution < -0.4 is 10.2 Å². The van der Waals surface area contributed by atoms with Crippen LogP contribution in [0.1, 0.15) is 29.6 Å². The van der Waals surface area contributed by atoms with E-state index in [9.17, 15) is 4.79 Å². The van der Waals surface area contributed by atoms with Crippen LogP contribution in [0, 0.1) is 11.8 Å². The van der Waals surface area contributed by atoms with Gasteiger partial charge in [-0.25, -0.2) is 0 Å². The maximum atomic E-state index is 12.1. The highest BCUT2D eigenvalue weighted by molar-refractivity contribution is 6.34. The van der Waals surface area contributed by atoms with E-state index in [0.29, 0.717) is 10.6 Å². The zero-order valence-corrected chi connectivity index (χ0v) is 14.8. The largest absolute Gasteiger partial charge is 0.371 e. The molecule has 5 heteroatoms. The molecule has 3 rings (SSSR count). The van der Waals surface area contributed by atoms with E-state index >= 15 is 0 Å². The summed E-state index contributed by atoms with van der Waals surface area (Å²) in [5.74, 6) is 1.72. The molecule has 1 amide bonds. The topological polar surface area (TPSA) is 35.6 Å². The van der Waals surface area contributed by atoms with Crippen molar-refractivity contribution in [2.75, 3.05) is 45.2 Å². The molecule has 0 aromatic heterocycles. The monoisotopic (exact) mass is 335 g/mol. The van der Waals surface area contributed by atoms with Gasteiger partial charge in [-0.3, -0.25) is 4.79 Å². The molecule has 0 spiro atoms. The molecule has 2 fully saturated rings. The van der Waals surface area contributed by atoms with Crippen molar-refractivity contribution in [3.8, 4) is 0 Å². The fraction of sp³-hybridized carbons (Fsp3) is 0.611. The summed E-state index contributed by atoms with van der Waals surface area (Å²) in [7, 11) is 3.49. The first-order valence-corrected chi connectivity index (χ1v) is 8.89. The van der Waals surface area contributed by atoms with Gasteiger partial charge < -0.3 is 15.1 Å².